The SMILES string of the molecule is COc1cc(-c2c(C)n(C)c(=O)c3[nH]c(C)cc23)cc(OC)c1CN1CCC2(CC1)CN(c1ccc3c(c1)C(=O)N(C1CCC(=O)NC1=O)C3=O)C2. The van der Waals surface area contributed by atoms with Crippen LogP contribution in [0.3, 0.4) is 0 Å². The van der Waals surface area contributed by atoms with Crippen molar-refractivity contribution in [3.8, 4) is 22.6 Å². The van der Waals surface area contributed by atoms with E-state index in [4.69, 9.17) is 9.47 Å². The first-order valence-corrected chi connectivity index (χ1v) is 17.7. The number of carbonyl (C=O) groups is 4. The predicted molar refractivity (Wildman–Crippen MR) is 194 cm³/mol. The van der Waals surface area contributed by atoms with Crippen LogP contribution < -0.4 is 25.2 Å². The molecule has 1 spiro atoms. The lowest BCUT2D eigenvalue weighted by Gasteiger charge is -2.55. The number of likely N-dealkylation sites (tertiary alicyclic amines) is 1. The first-order chi connectivity index (χ1) is 24.9. The van der Waals surface area contributed by atoms with E-state index in [2.05, 4.69) is 20.1 Å². The summed E-state index contributed by atoms with van der Waals surface area (Å²) in [6.45, 7) is 8.09. The van der Waals surface area contributed by atoms with Gasteiger partial charge in [-0.25, -0.2) is 0 Å². The molecule has 270 valence electrons. The van der Waals surface area contributed by atoms with E-state index in [0.717, 1.165) is 94.6 Å². The van der Waals surface area contributed by atoms with E-state index in [1.807, 2.05) is 38.1 Å². The second-order valence-corrected chi connectivity index (χ2v) is 14.7. The van der Waals surface area contributed by atoms with E-state index in [0.29, 0.717) is 23.2 Å². The molecule has 4 aliphatic rings. The molecule has 3 fully saturated rings. The van der Waals surface area contributed by atoms with Crippen LogP contribution in [0.1, 0.15) is 63.4 Å². The number of imide groups is 2. The van der Waals surface area contributed by atoms with Gasteiger partial charge in [-0.1, -0.05) is 0 Å². The van der Waals surface area contributed by atoms with E-state index in [-0.39, 0.29) is 23.8 Å². The van der Waals surface area contributed by atoms with Crippen LogP contribution in [0.2, 0.25) is 0 Å². The first kappa shape index (κ1) is 33.7. The molecule has 6 heterocycles. The summed E-state index contributed by atoms with van der Waals surface area (Å²) in [6, 6.07) is 10.4. The van der Waals surface area contributed by atoms with Gasteiger partial charge in [-0.2, -0.15) is 0 Å². The molecule has 2 N–H and O–H groups in total. The largest absolute Gasteiger partial charge is 0.496 e. The number of aryl methyl sites for hydroxylation is 1. The Kier molecular flexibility index (Phi) is 8.01. The van der Waals surface area contributed by atoms with Crippen LogP contribution in [-0.2, 0) is 23.2 Å². The monoisotopic (exact) mass is 706 g/mol. The van der Waals surface area contributed by atoms with Gasteiger partial charge in [0.2, 0.25) is 11.8 Å². The van der Waals surface area contributed by atoms with Crippen molar-refractivity contribution in [2.45, 2.75) is 52.1 Å². The molecule has 0 saturated carbocycles. The molecule has 0 bridgehead atoms. The van der Waals surface area contributed by atoms with E-state index in [1.54, 1.807) is 38.0 Å². The van der Waals surface area contributed by atoms with E-state index >= 15 is 0 Å². The highest BCUT2D eigenvalue weighted by molar-refractivity contribution is 6.23. The number of H-pyrrole nitrogens is 1. The Bertz CT molecular complexity index is 2230. The number of hydrogen-bond acceptors (Lipinski definition) is 9. The van der Waals surface area contributed by atoms with Gasteiger partial charge in [0, 0.05) is 66.5 Å². The van der Waals surface area contributed by atoms with Gasteiger partial charge >= 0.3 is 0 Å². The summed E-state index contributed by atoms with van der Waals surface area (Å²) in [4.78, 5) is 72.5. The minimum Gasteiger partial charge on any atom is -0.496 e. The summed E-state index contributed by atoms with van der Waals surface area (Å²) >= 11 is 0. The second kappa shape index (κ2) is 12.4. The highest BCUT2D eigenvalue weighted by atomic mass is 16.5. The Hall–Kier alpha value is -5.43. The maximum Gasteiger partial charge on any atom is 0.274 e. The number of carbonyl (C=O) groups excluding carboxylic acids is 4. The zero-order valence-electron chi connectivity index (χ0n) is 30.1. The summed E-state index contributed by atoms with van der Waals surface area (Å²) in [7, 11) is 5.14. The van der Waals surface area contributed by atoms with Gasteiger partial charge in [-0.15, -0.1) is 0 Å². The molecular weight excluding hydrogens is 664 g/mol. The van der Waals surface area contributed by atoms with Crippen molar-refractivity contribution in [1.82, 2.24) is 24.7 Å². The quantitative estimate of drug-likeness (QED) is 0.275. The molecule has 4 aliphatic heterocycles. The third-order valence-electron chi connectivity index (χ3n) is 11.6. The maximum absolute atomic E-state index is 13.4. The molecule has 4 aromatic rings. The van der Waals surface area contributed by atoms with Crippen LogP contribution in [0.15, 0.2) is 41.2 Å². The molecule has 13 nitrogen and oxygen atoms in total. The molecule has 3 saturated heterocycles. The number of amides is 4. The van der Waals surface area contributed by atoms with Crippen molar-refractivity contribution < 1.29 is 28.7 Å². The lowest BCUT2D eigenvalue weighted by atomic mass is 9.71. The lowest BCUT2D eigenvalue weighted by Crippen LogP contribution is -2.60. The number of ether oxygens (including phenoxy) is 2. The molecule has 4 amide bonds. The normalized spacial score (nSPS) is 20.1. The number of anilines is 1. The van der Waals surface area contributed by atoms with Crippen LogP contribution in [0.5, 0.6) is 11.5 Å². The maximum atomic E-state index is 13.4. The Morgan fingerprint density at radius 1 is 0.885 bits per heavy atom. The van der Waals surface area contributed by atoms with E-state index in [9.17, 15) is 24.0 Å². The third-order valence-corrected chi connectivity index (χ3v) is 11.6. The number of aromatic nitrogens is 2. The van der Waals surface area contributed by atoms with Crippen molar-refractivity contribution in [2.75, 3.05) is 45.3 Å². The first-order valence-electron chi connectivity index (χ1n) is 17.7. The lowest BCUT2D eigenvalue weighted by molar-refractivity contribution is -0.136. The number of hydrogen-bond donors (Lipinski definition) is 2. The zero-order valence-corrected chi connectivity index (χ0v) is 30.1. The van der Waals surface area contributed by atoms with Crippen molar-refractivity contribution in [1.29, 1.82) is 0 Å². The van der Waals surface area contributed by atoms with E-state index < -0.39 is 29.7 Å². The second-order valence-electron chi connectivity index (χ2n) is 14.7. The molecule has 2 aromatic carbocycles. The number of fused-ring (bicyclic) bond motifs is 2. The predicted octanol–water partition coefficient (Wildman–Crippen LogP) is 3.67. The van der Waals surface area contributed by atoms with E-state index in [1.165, 1.54) is 0 Å². The van der Waals surface area contributed by atoms with Gasteiger partial charge < -0.3 is 23.9 Å². The summed E-state index contributed by atoms with van der Waals surface area (Å²) in [5.41, 5.74) is 6.79. The number of piperidine rings is 2. The number of methoxy groups -OCH3 is 2. The number of benzene rings is 2. The summed E-state index contributed by atoms with van der Waals surface area (Å²) in [6.07, 6.45) is 2.25. The fraction of sp³-hybridized carbons (Fsp3) is 0.410. The average Bonchev–Trinajstić information content (AvgIpc) is 3.62. The van der Waals surface area contributed by atoms with Crippen LogP contribution in [0.25, 0.3) is 22.0 Å². The van der Waals surface area contributed by atoms with Gasteiger partial charge in [-0.05, 0) is 88.2 Å². The molecule has 13 heteroatoms. The average molecular weight is 707 g/mol. The number of aromatic amines is 1. The van der Waals surface area contributed by atoms with Gasteiger partial charge in [0.25, 0.3) is 17.4 Å². The molecule has 0 radical (unpaired) electrons. The van der Waals surface area contributed by atoms with Gasteiger partial charge in [0.05, 0.1) is 30.9 Å². The minimum atomic E-state index is -0.978. The molecule has 8 rings (SSSR count). The highest BCUT2D eigenvalue weighted by Crippen LogP contribution is 2.45. The number of nitrogens with one attached hydrogen (secondary N) is 2. The summed E-state index contributed by atoms with van der Waals surface area (Å²) in [5, 5.41) is 3.12. The molecule has 0 aliphatic carbocycles. The van der Waals surface area contributed by atoms with Crippen LogP contribution >= 0.6 is 0 Å². The fourth-order valence-corrected chi connectivity index (χ4v) is 8.61. The van der Waals surface area contributed by atoms with Gasteiger partial charge in [0.1, 0.15) is 23.1 Å². The zero-order chi connectivity index (χ0) is 36.6. The molecule has 52 heavy (non-hydrogen) atoms. The highest BCUT2D eigenvalue weighted by Gasteiger charge is 2.47. The third kappa shape index (κ3) is 5.28. The standard InChI is InChI=1S/C39H42N6O7/c1-21-14-27-33(22(2)42(3)38(50)34(27)40-21)23-15-30(51-4)28(31(16-23)52-5)18-43-12-10-39(11-13-43)19-44(20-39)24-6-7-25-26(17-24)37(49)45(36(25)48)29-8-9-32(46)41-35(29)47/h6-7,14-17,29,40H,8-13,18-20H2,1-5H3,(H,41,46,47). The number of rotatable bonds is 7. The smallest absolute Gasteiger partial charge is 0.274 e. The van der Waals surface area contributed by atoms with Gasteiger partial charge in [0.15, 0.2) is 0 Å². The summed E-state index contributed by atoms with van der Waals surface area (Å²) in [5.74, 6) is -0.518. The van der Waals surface area contributed by atoms with Crippen LogP contribution in [0, 0.1) is 19.3 Å². The van der Waals surface area contributed by atoms with Crippen molar-refractivity contribution in [2.24, 2.45) is 12.5 Å². The van der Waals surface area contributed by atoms with Crippen molar-refractivity contribution in [3.63, 3.8) is 0 Å². The Labute approximate surface area is 300 Å². The Morgan fingerprint density at radius 2 is 1.56 bits per heavy atom. The molecule has 1 unspecified atom stereocenters. The van der Waals surface area contributed by atoms with Gasteiger partial charge in [-0.3, -0.25) is 39.1 Å². The topological polar surface area (TPSA) is 146 Å². The Morgan fingerprint density at radius 3 is 2.21 bits per heavy atom. The fourth-order valence-electron chi connectivity index (χ4n) is 8.61. The van der Waals surface area contributed by atoms with Crippen molar-refractivity contribution >= 4 is 40.2 Å². The van der Waals surface area contributed by atoms with Crippen LogP contribution in [-0.4, -0.2) is 89.4 Å². The Balaban J connectivity index is 0.950. The number of pyridine rings is 1. The number of nitrogens with zero attached hydrogens (tertiary/aromatic N) is 4. The molecular formula is C39H42N6O7. The van der Waals surface area contributed by atoms with Crippen LogP contribution in [0.4, 0.5) is 5.69 Å². The molecule has 1 atom stereocenters. The molecule has 2 aromatic heterocycles. The minimum absolute atomic E-state index is 0.0606. The van der Waals surface area contributed by atoms with Crippen molar-refractivity contribution in [3.05, 3.63) is 74.8 Å². The summed E-state index contributed by atoms with van der Waals surface area (Å²) < 4.78 is 13.6.